The van der Waals surface area contributed by atoms with E-state index in [0.29, 0.717) is 28.7 Å². The largest absolute Gasteiger partial charge is 0.457 e. The third-order valence-electron chi connectivity index (χ3n) is 7.94. The molecule has 3 amide bonds. The van der Waals surface area contributed by atoms with Crippen molar-refractivity contribution in [1.29, 1.82) is 0 Å². The summed E-state index contributed by atoms with van der Waals surface area (Å²) >= 11 is 0. The van der Waals surface area contributed by atoms with E-state index in [4.69, 9.17) is 9.84 Å². The maximum atomic E-state index is 13.4. The number of nitrogens with zero attached hydrogens (tertiary/aromatic N) is 4. The number of hydrogen-bond donors (Lipinski definition) is 2. The van der Waals surface area contributed by atoms with Crippen LogP contribution in [0, 0.1) is 6.92 Å². The Morgan fingerprint density at radius 3 is 2.36 bits per heavy atom. The van der Waals surface area contributed by atoms with Crippen molar-refractivity contribution in [2.45, 2.75) is 52.4 Å². The fraction of sp³-hybridized carbons (Fsp3) is 0.278. The SMILES string of the molecule is Cc1ccc(-n2nc(C(C)(C)C)cc2NC(=O)Nc2ccc(Oc3ccnc(CC(=O)N4CCCC4)c3)c3ccccc23)cc1. The molecule has 2 aromatic heterocycles. The monoisotopic (exact) mass is 602 g/mol. The van der Waals surface area contributed by atoms with Gasteiger partial charge in [-0.2, -0.15) is 5.10 Å². The first-order chi connectivity index (χ1) is 21.6. The molecule has 45 heavy (non-hydrogen) atoms. The van der Waals surface area contributed by atoms with E-state index in [1.807, 2.05) is 84.6 Å². The lowest BCUT2D eigenvalue weighted by atomic mass is 9.92. The molecule has 0 aliphatic carbocycles. The molecule has 9 nitrogen and oxygen atoms in total. The molecule has 6 rings (SSSR count). The number of fused-ring (bicyclic) bond motifs is 1. The van der Waals surface area contributed by atoms with Gasteiger partial charge in [-0.3, -0.25) is 15.1 Å². The average Bonchev–Trinajstić information content (AvgIpc) is 3.70. The Morgan fingerprint density at radius 1 is 0.889 bits per heavy atom. The Kier molecular flexibility index (Phi) is 8.26. The minimum absolute atomic E-state index is 0.0906. The molecule has 0 saturated carbocycles. The van der Waals surface area contributed by atoms with Gasteiger partial charge in [-0.1, -0.05) is 62.7 Å². The maximum Gasteiger partial charge on any atom is 0.324 e. The van der Waals surface area contributed by atoms with E-state index in [1.54, 1.807) is 16.9 Å². The van der Waals surface area contributed by atoms with Gasteiger partial charge in [-0.25, -0.2) is 9.48 Å². The quantitative estimate of drug-likeness (QED) is 0.200. The predicted molar refractivity (Wildman–Crippen MR) is 177 cm³/mol. The average molecular weight is 603 g/mol. The predicted octanol–water partition coefficient (Wildman–Crippen LogP) is 7.63. The minimum atomic E-state index is -0.385. The second kappa shape index (κ2) is 12.4. The Hall–Kier alpha value is -5.18. The van der Waals surface area contributed by atoms with Crippen molar-refractivity contribution in [2.75, 3.05) is 23.7 Å². The van der Waals surface area contributed by atoms with Crippen molar-refractivity contribution in [3.63, 3.8) is 0 Å². The van der Waals surface area contributed by atoms with Crippen LogP contribution in [0.2, 0.25) is 0 Å². The lowest BCUT2D eigenvalue weighted by Crippen LogP contribution is -2.29. The first-order valence-electron chi connectivity index (χ1n) is 15.3. The highest BCUT2D eigenvalue weighted by Crippen LogP contribution is 2.35. The molecule has 3 heterocycles. The molecule has 1 aliphatic heterocycles. The second-order valence-corrected chi connectivity index (χ2v) is 12.5. The van der Waals surface area contributed by atoms with Crippen molar-refractivity contribution >= 4 is 34.2 Å². The van der Waals surface area contributed by atoms with Crippen molar-refractivity contribution in [3.8, 4) is 17.2 Å². The van der Waals surface area contributed by atoms with Gasteiger partial charge in [0.1, 0.15) is 17.3 Å². The van der Waals surface area contributed by atoms with Crippen molar-refractivity contribution in [1.82, 2.24) is 19.7 Å². The molecule has 0 unspecified atom stereocenters. The Morgan fingerprint density at radius 2 is 1.62 bits per heavy atom. The van der Waals surface area contributed by atoms with E-state index in [1.165, 1.54) is 0 Å². The summed E-state index contributed by atoms with van der Waals surface area (Å²) < 4.78 is 8.06. The zero-order valence-electron chi connectivity index (χ0n) is 26.1. The number of nitrogens with one attached hydrogen (secondary N) is 2. The van der Waals surface area contributed by atoms with Crippen LogP contribution in [0.4, 0.5) is 16.3 Å². The number of likely N-dealkylation sites (tertiary alicyclic amines) is 1. The number of pyridine rings is 1. The van der Waals surface area contributed by atoms with E-state index in [9.17, 15) is 9.59 Å². The molecule has 3 aromatic carbocycles. The zero-order chi connectivity index (χ0) is 31.6. The fourth-order valence-corrected chi connectivity index (χ4v) is 5.44. The number of hydrogen-bond acceptors (Lipinski definition) is 5. The van der Waals surface area contributed by atoms with E-state index in [-0.39, 0.29) is 23.8 Å². The number of anilines is 2. The van der Waals surface area contributed by atoms with Gasteiger partial charge in [0.2, 0.25) is 5.91 Å². The van der Waals surface area contributed by atoms with Crippen molar-refractivity contribution in [3.05, 3.63) is 102 Å². The topological polar surface area (TPSA) is 101 Å². The first-order valence-corrected chi connectivity index (χ1v) is 15.3. The van der Waals surface area contributed by atoms with Gasteiger partial charge >= 0.3 is 6.03 Å². The number of benzene rings is 3. The highest BCUT2D eigenvalue weighted by molar-refractivity contribution is 6.07. The van der Waals surface area contributed by atoms with Crippen LogP contribution in [0.15, 0.2) is 85.1 Å². The fourth-order valence-electron chi connectivity index (χ4n) is 5.44. The van der Waals surface area contributed by atoms with E-state index in [0.717, 1.165) is 53.6 Å². The van der Waals surface area contributed by atoms with Crippen LogP contribution in [-0.4, -0.2) is 44.7 Å². The number of urea groups is 1. The number of amides is 3. The number of rotatable bonds is 7. The summed E-state index contributed by atoms with van der Waals surface area (Å²) in [4.78, 5) is 32.3. The van der Waals surface area contributed by atoms with Gasteiger partial charge in [0, 0.05) is 47.6 Å². The van der Waals surface area contributed by atoms with E-state index < -0.39 is 0 Å². The first kappa shape index (κ1) is 29.9. The summed E-state index contributed by atoms with van der Waals surface area (Å²) in [7, 11) is 0. The van der Waals surface area contributed by atoms with Crippen LogP contribution >= 0.6 is 0 Å². The molecule has 5 aromatic rings. The minimum Gasteiger partial charge on any atom is -0.457 e. The van der Waals surface area contributed by atoms with Crippen LogP contribution in [0.3, 0.4) is 0 Å². The standard InChI is InChI=1S/C36H38N6O3/c1-24-11-13-26(14-12-24)42-33(23-32(40-42)36(2,3)4)39-35(44)38-30-15-16-31(29-10-6-5-9-28(29)30)45-27-17-18-37-25(21-27)22-34(43)41-19-7-8-20-41/h5-6,9-18,21,23H,7-8,19-20,22H2,1-4H3,(H2,38,39,44). The third kappa shape index (κ3) is 6.82. The van der Waals surface area contributed by atoms with Crippen LogP contribution in [0.5, 0.6) is 11.5 Å². The summed E-state index contributed by atoms with van der Waals surface area (Å²) in [6, 6.07) is 24.5. The van der Waals surface area contributed by atoms with Gasteiger partial charge in [0.15, 0.2) is 0 Å². The third-order valence-corrected chi connectivity index (χ3v) is 7.94. The van der Waals surface area contributed by atoms with Crippen LogP contribution in [-0.2, 0) is 16.6 Å². The Bertz CT molecular complexity index is 1850. The number of carbonyl (C=O) groups excluding carboxylic acids is 2. The van der Waals surface area contributed by atoms with Gasteiger partial charge in [-0.05, 0) is 50.1 Å². The lowest BCUT2D eigenvalue weighted by Gasteiger charge is -2.16. The van der Waals surface area contributed by atoms with Crippen LogP contribution in [0.25, 0.3) is 16.5 Å². The van der Waals surface area contributed by atoms with Gasteiger partial charge < -0.3 is 15.0 Å². The Balaban J connectivity index is 1.21. The normalized spacial score (nSPS) is 13.2. The molecule has 230 valence electrons. The zero-order valence-corrected chi connectivity index (χ0v) is 26.1. The molecule has 0 radical (unpaired) electrons. The van der Waals surface area contributed by atoms with Gasteiger partial charge in [0.25, 0.3) is 0 Å². The van der Waals surface area contributed by atoms with Crippen LogP contribution in [0.1, 0.15) is 50.6 Å². The van der Waals surface area contributed by atoms with Crippen LogP contribution < -0.4 is 15.4 Å². The Labute approximate surface area is 263 Å². The summed E-state index contributed by atoms with van der Waals surface area (Å²) in [5, 5.41) is 12.5. The molecule has 0 spiro atoms. The summed E-state index contributed by atoms with van der Waals surface area (Å²) in [5.41, 5.74) is 3.98. The van der Waals surface area contributed by atoms with Crippen molar-refractivity contribution in [2.24, 2.45) is 0 Å². The molecule has 1 aliphatic rings. The molecule has 0 bridgehead atoms. The smallest absolute Gasteiger partial charge is 0.324 e. The second-order valence-electron chi connectivity index (χ2n) is 12.5. The summed E-state index contributed by atoms with van der Waals surface area (Å²) in [6.07, 6.45) is 4.02. The molecular formula is C36H38N6O3. The van der Waals surface area contributed by atoms with E-state index in [2.05, 4.69) is 36.4 Å². The van der Waals surface area contributed by atoms with Gasteiger partial charge in [0.05, 0.1) is 29.2 Å². The van der Waals surface area contributed by atoms with Crippen molar-refractivity contribution < 1.29 is 14.3 Å². The van der Waals surface area contributed by atoms with Gasteiger partial charge in [-0.15, -0.1) is 0 Å². The summed E-state index contributed by atoms with van der Waals surface area (Å²) in [6.45, 7) is 9.94. The summed E-state index contributed by atoms with van der Waals surface area (Å²) in [5.74, 6) is 1.89. The molecule has 1 saturated heterocycles. The number of aryl methyl sites for hydroxylation is 1. The lowest BCUT2D eigenvalue weighted by molar-refractivity contribution is -0.129. The van der Waals surface area contributed by atoms with E-state index >= 15 is 0 Å². The number of ether oxygens (including phenoxy) is 1. The molecule has 9 heteroatoms. The maximum absolute atomic E-state index is 13.4. The number of carbonyl (C=O) groups is 2. The molecule has 2 N–H and O–H groups in total. The molecule has 1 fully saturated rings. The highest BCUT2D eigenvalue weighted by Gasteiger charge is 2.22. The molecule has 0 atom stereocenters. The molecular weight excluding hydrogens is 564 g/mol. The highest BCUT2D eigenvalue weighted by atomic mass is 16.5. The number of aromatic nitrogens is 3.